The molecule has 2 aliphatic heterocycles. The first-order valence-electron chi connectivity index (χ1n) is 11.6. The summed E-state index contributed by atoms with van der Waals surface area (Å²) >= 11 is 0. The molecule has 0 bridgehead atoms. The Balaban J connectivity index is 1.44. The normalized spacial score (nSPS) is 29.8. The molecule has 4 fully saturated rings. The third-order valence-corrected chi connectivity index (χ3v) is 8.10. The molecule has 2 aliphatic carbocycles. The van der Waals surface area contributed by atoms with Gasteiger partial charge in [0.15, 0.2) is 0 Å². The molecule has 4 aliphatic rings. The number of carbonyl (C=O) groups is 1. The minimum Gasteiger partial charge on any atom is -0.353 e. The molecular weight excluding hydrogens is 336 g/mol. The highest BCUT2D eigenvalue weighted by Gasteiger charge is 2.48. The Kier molecular flexibility index (Phi) is 6.10. The summed E-state index contributed by atoms with van der Waals surface area (Å²) in [6.07, 6.45) is 13.6. The zero-order valence-electron chi connectivity index (χ0n) is 17.5. The maximum atomic E-state index is 13.5. The molecule has 0 atom stereocenters. The minimum atomic E-state index is -0.186. The molecule has 5 heteroatoms. The number of amides is 1. The number of hydrogen-bond acceptors (Lipinski definition) is 4. The Morgan fingerprint density at radius 1 is 0.741 bits per heavy atom. The molecular formula is C22H40N4O. The van der Waals surface area contributed by atoms with Crippen LogP contribution in [0.4, 0.5) is 0 Å². The lowest BCUT2D eigenvalue weighted by Crippen LogP contribution is -2.64. The molecule has 2 saturated carbocycles. The van der Waals surface area contributed by atoms with E-state index in [4.69, 9.17) is 0 Å². The summed E-state index contributed by atoms with van der Waals surface area (Å²) in [5, 5.41) is 3.53. The zero-order valence-corrected chi connectivity index (χ0v) is 17.5. The quantitative estimate of drug-likeness (QED) is 0.800. The Hall–Kier alpha value is -0.650. The maximum absolute atomic E-state index is 13.5. The lowest BCUT2D eigenvalue weighted by molar-refractivity contribution is -0.134. The van der Waals surface area contributed by atoms with E-state index in [1.165, 1.54) is 57.8 Å². The van der Waals surface area contributed by atoms with Crippen molar-refractivity contribution >= 4 is 5.91 Å². The fraction of sp³-hybridized carbons (Fsp3) is 0.955. The first-order chi connectivity index (χ1) is 13.1. The second kappa shape index (κ2) is 8.38. The van der Waals surface area contributed by atoms with Crippen molar-refractivity contribution in [3.8, 4) is 0 Å². The molecule has 0 spiro atoms. The second-order valence-corrected chi connectivity index (χ2v) is 9.69. The highest BCUT2D eigenvalue weighted by Crippen LogP contribution is 2.39. The third kappa shape index (κ3) is 3.92. The molecule has 0 aromatic carbocycles. The van der Waals surface area contributed by atoms with Crippen LogP contribution in [0.2, 0.25) is 0 Å². The van der Waals surface area contributed by atoms with E-state index in [9.17, 15) is 4.79 Å². The second-order valence-electron chi connectivity index (χ2n) is 9.69. The number of nitrogens with one attached hydrogen (secondary N) is 1. The molecule has 0 radical (unpaired) electrons. The van der Waals surface area contributed by atoms with Crippen LogP contribution in [-0.2, 0) is 4.79 Å². The fourth-order valence-electron chi connectivity index (χ4n) is 6.30. The standard InChI is InChI=1S/C22H40N4O/c1-24-15-17-25(18-16-24)21(9-3-2-4-10-21)19-23-20(27)22(11-5-6-12-22)26-13-7-8-14-26/h2-19H2,1H3,(H,23,27). The van der Waals surface area contributed by atoms with Crippen molar-refractivity contribution in [2.75, 3.05) is 52.9 Å². The van der Waals surface area contributed by atoms with Crippen molar-refractivity contribution < 1.29 is 4.79 Å². The maximum Gasteiger partial charge on any atom is 0.240 e. The molecule has 2 heterocycles. The minimum absolute atomic E-state index is 0.186. The SMILES string of the molecule is CN1CCN(C2(CNC(=O)C3(N4CCCC4)CCCC3)CCCCC2)CC1. The van der Waals surface area contributed by atoms with Gasteiger partial charge in [0.05, 0.1) is 0 Å². The largest absolute Gasteiger partial charge is 0.353 e. The van der Waals surface area contributed by atoms with Crippen molar-refractivity contribution in [1.29, 1.82) is 0 Å². The monoisotopic (exact) mass is 376 g/mol. The van der Waals surface area contributed by atoms with Gasteiger partial charge in [-0.15, -0.1) is 0 Å². The Morgan fingerprint density at radius 3 is 1.96 bits per heavy atom. The summed E-state index contributed by atoms with van der Waals surface area (Å²) < 4.78 is 0. The Labute approximate surface area is 165 Å². The van der Waals surface area contributed by atoms with Crippen LogP contribution >= 0.6 is 0 Å². The number of nitrogens with zero attached hydrogens (tertiary/aromatic N) is 3. The van der Waals surface area contributed by atoms with Crippen LogP contribution in [0, 0.1) is 0 Å². The van der Waals surface area contributed by atoms with Gasteiger partial charge in [-0.25, -0.2) is 0 Å². The molecule has 0 aromatic rings. The van der Waals surface area contributed by atoms with E-state index in [1.54, 1.807) is 0 Å². The average molecular weight is 377 g/mol. The first kappa shape index (κ1) is 19.7. The molecule has 0 unspecified atom stereocenters. The fourth-order valence-corrected chi connectivity index (χ4v) is 6.30. The van der Waals surface area contributed by atoms with E-state index in [0.29, 0.717) is 5.91 Å². The van der Waals surface area contributed by atoms with Gasteiger partial charge < -0.3 is 10.2 Å². The highest BCUT2D eigenvalue weighted by atomic mass is 16.2. The number of carbonyl (C=O) groups excluding carboxylic acids is 1. The number of hydrogen-bond donors (Lipinski definition) is 1. The van der Waals surface area contributed by atoms with Crippen LogP contribution in [0.5, 0.6) is 0 Å². The molecule has 5 nitrogen and oxygen atoms in total. The van der Waals surface area contributed by atoms with Crippen molar-refractivity contribution in [2.24, 2.45) is 0 Å². The van der Waals surface area contributed by atoms with Gasteiger partial charge >= 0.3 is 0 Å². The van der Waals surface area contributed by atoms with Gasteiger partial charge in [0.2, 0.25) is 5.91 Å². The summed E-state index contributed by atoms with van der Waals surface area (Å²) in [6.45, 7) is 7.74. The van der Waals surface area contributed by atoms with E-state index in [2.05, 4.69) is 27.1 Å². The Morgan fingerprint density at radius 2 is 1.33 bits per heavy atom. The number of piperazine rings is 1. The predicted molar refractivity (Wildman–Crippen MR) is 110 cm³/mol. The zero-order chi connectivity index (χ0) is 18.7. The molecule has 1 N–H and O–H groups in total. The van der Waals surface area contributed by atoms with Crippen molar-refractivity contribution in [2.45, 2.75) is 81.7 Å². The molecule has 4 rings (SSSR count). The van der Waals surface area contributed by atoms with Gasteiger partial charge in [-0.3, -0.25) is 14.6 Å². The van der Waals surface area contributed by atoms with Crippen LogP contribution in [0.3, 0.4) is 0 Å². The van der Waals surface area contributed by atoms with E-state index < -0.39 is 0 Å². The van der Waals surface area contributed by atoms with Crippen LogP contribution in [0.1, 0.15) is 70.6 Å². The summed E-state index contributed by atoms with van der Waals surface area (Å²) in [7, 11) is 2.23. The van der Waals surface area contributed by atoms with Crippen molar-refractivity contribution in [3.05, 3.63) is 0 Å². The summed E-state index contributed by atoms with van der Waals surface area (Å²) in [6, 6.07) is 0. The smallest absolute Gasteiger partial charge is 0.240 e. The average Bonchev–Trinajstić information content (AvgIpc) is 3.40. The van der Waals surface area contributed by atoms with Gasteiger partial charge in [0.1, 0.15) is 5.54 Å². The molecule has 0 aromatic heterocycles. The van der Waals surface area contributed by atoms with E-state index in [0.717, 1.165) is 58.7 Å². The number of rotatable bonds is 5. The topological polar surface area (TPSA) is 38.8 Å². The van der Waals surface area contributed by atoms with Gasteiger partial charge in [0, 0.05) is 38.3 Å². The van der Waals surface area contributed by atoms with Crippen LogP contribution in [-0.4, -0.2) is 84.5 Å². The van der Waals surface area contributed by atoms with Crippen LogP contribution in [0.15, 0.2) is 0 Å². The van der Waals surface area contributed by atoms with Crippen molar-refractivity contribution in [3.63, 3.8) is 0 Å². The van der Waals surface area contributed by atoms with E-state index >= 15 is 0 Å². The molecule has 154 valence electrons. The van der Waals surface area contributed by atoms with Crippen molar-refractivity contribution in [1.82, 2.24) is 20.0 Å². The van der Waals surface area contributed by atoms with Gasteiger partial charge in [-0.2, -0.15) is 0 Å². The van der Waals surface area contributed by atoms with E-state index in [1.807, 2.05) is 0 Å². The molecule has 2 saturated heterocycles. The number of likely N-dealkylation sites (N-methyl/N-ethyl adjacent to an activating group) is 1. The van der Waals surface area contributed by atoms with Gasteiger partial charge in [-0.1, -0.05) is 32.1 Å². The van der Waals surface area contributed by atoms with Crippen LogP contribution in [0.25, 0.3) is 0 Å². The Bertz CT molecular complexity index is 496. The summed E-state index contributed by atoms with van der Waals surface area (Å²) in [5.41, 5.74) is 0.0223. The third-order valence-electron chi connectivity index (χ3n) is 8.10. The van der Waals surface area contributed by atoms with E-state index in [-0.39, 0.29) is 11.1 Å². The lowest BCUT2D eigenvalue weighted by atomic mass is 9.79. The van der Waals surface area contributed by atoms with Gasteiger partial charge in [0.25, 0.3) is 0 Å². The molecule has 1 amide bonds. The summed E-state index contributed by atoms with van der Waals surface area (Å²) in [4.78, 5) is 21.2. The molecule has 27 heavy (non-hydrogen) atoms. The van der Waals surface area contributed by atoms with Gasteiger partial charge in [-0.05, 0) is 58.7 Å². The predicted octanol–water partition coefficient (Wildman–Crippen LogP) is 2.46. The lowest BCUT2D eigenvalue weighted by Gasteiger charge is -2.50. The first-order valence-corrected chi connectivity index (χ1v) is 11.6. The van der Waals surface area contributed by atoms with Crippen LogP contribution < -0.4 is 5.32 Å². The highest BCUT2D eigenvalue weighted by molar-refractivity contribution is 5.86. The summed E-state index contributed by atoms with van der Waals surface area (Å²) in [5.74, 6) is 0.348. The number of likely N-dealkylation sites (tertiary alicyclic amines) is 1.